The molecule has 102 valence electrons. The highest BCUT2D eigenvalue weighted by Crippen LogP contribution is 2.21. The van der Waals surface area contributed by atoms with E-state index in [9.17, 15) is 0 Å². The second-order valence-corrected chi connectivity index (χ2v) is 5.16. The van der Waals surface area contributed by atoms with Gasteiger partial charge in [-0.1, -0.05) is 24.3 Å². The molecule has 4 heteroatoms. The molecule has 1 aromatic heterocycles. The summed E-state index contributed by atoms with van der Waals surface area (Å²) in [6, 6.07) is 10.4. The van der Waals surface area contributed by atoms with E-state index in [4.69, 9.17) is 0 Å². The van der Waals surface area contributed by atoms with E-state index in [0.717, 1.165) is 36.4 Å². The number of fused-ring (bicyclic) bond motifs is 1. The van der Waals surface area contributed by atoms with E-state index < -0.39 is 0 Å². The van der Waals surface area contributed by atoms with Crippen LogP contribution in [-0.2, 0) is 6.42 Å². The molecule has 0 unspecified atom stereocenters. The molecule has 3 rings (SSSR count). The summed E-state index contributed by atoms with van der Waals surface area (Å²) in [7, 11) is 0. The van der Waals surface area contributed by atoms with E-state index >= 15 is 0 Å². The minimum absolute atomic E-state index is 0.568. The zero-order valence-electron chi connectivity index (χ0n) is 11.8. The largest absolute Gasteiger partial charge is 0.245 e. The van der Waals surface area contributed by atoms with Gasteiger partial charge in [-0.05, 0) is 44.7 Å². The van der Waals surface area contributed by atoms with E-state index in [1.54, 1.807) is 0 Å². The second kappa shape index (κ2) is 5.41. The van der Waals surface area contributed by atoms with Crippen LogP contribution in [0.1, 0.15) is 35.4 Å². The molecule has 20 heavy (non-hydrogen) atoms. The van der Waals surface area contributed by atoms with Gasteiger partial charge in [-0.3, -0.25) is 0 Å². The smallest absolute Gasteiger partial charge is 0.243 e. The fraction of sp³-hybridized carbons (Fsp3) is 0.312. The summed E-state index contributed by atoms with van der Waals surface area (Å²) in [6.45, 7) is 3.92. The summed E-state index contributed by atoms with van der Waals surface area (Å²) >= 11 is 0. The maximum atomic E-state index is 4.52. The molecule has 1 aliphatic rings. The molecule has 0 fully saturated rings. The third-order valence-corrected chi connectivity index (χ3v) is 3.46. The fourth-order valence-corrected chi connectivity index (χ4v) is 2.61. The molecule has 0 spiro atoms. The van der Waals surface area contributed by atoms with Crippen LogP contribution in [0, 0.1) is 13.8 Å². The number of nitrogens with one attached hydrogen (secondary N) is 1. The zero-order chi connectivity index (χ0) is 13.9. The van der Waals surface area contributed by atoms with E-state index in [1.807, 2.05) is 19.9 Å². The molecule has 1 heterocycles. The molecule has 0 radical (unpaired) electrons. The van der Waals surface area contributed by atoms with Gasteiger partial charge < -0.3 is 0 Å². The lowest BCUT2D eigenvalue weighted by molar-refractivity contribution is 0.836. The van der Waals surface area contributed by atoms with Crippen molar-refractivity contribution in [2.75, 3.05) is 5.43 Å². The lowest BCUT2D eigenvalue weighted by Gasteiger charge is -2.17. The van der Waals surface area contributed by atoms with Gasteiger partial charge in [0.15, 0.2) is 0 Å². The van der Waals surface area contributed by atoms with Gasteiger partial charge >= 0.3 is 0 Å². The molecule has 0 aliphatic heterocycles. The number of aromatic nitrogens is 2. The molecule has 0 saturated carbocycles. The lowest BCUT2D eigenvalue weighted by Crippen LogP contribution is -2.14. The molecule has 1 aromatic carbocycles. The van der Waals surface area contributed by atoms with Crippen LogP contribution in [0.15, 0.2) is 35.4 Å². The summed E-state index contributed by atoms with van der Waals surface area (Å²) in [4.78, 5) is 8.69. The second-order valence-electron chi connectivity index (χ2n) is 5.16. The number of nitrogens with zero attached hydrogens (tertiary/aromatic N) is 3. The van der Waals surface area contributed by atoms with Gasteiger partial charge in [0.2, 0.25) is 5.95 Å². The fourth-order valence-electron chi connectivity index (χ4n) is 2.61. The van der Waals surface area contributed by atoms with Gasteiger partial charge in [-0.2, -0.15) is 5.10 Å². The van der Waals surface area contributed by atoms with Crippen molar-refractivity contribution in [1.29, 1.82) is 0 Å². The average molecular weight is 266 g/mol. The van der Waals surface area contributed by atoms with Crippen molar-refractivity contribution in [1.82, 2.24) is 9.97 Å². The monoisotopic (exact) mass is 266 g/mol. The Morgan fingerprint density at radius 1 is 1.05 bits per heavy atom. The zero-order valence-corrected chi connectivity index (χ0v) is 11.8. The van der Waals surface area contributed by atoms with E-state index in [-0.39, 0.29) is 0 Å². The summed E-state index contributed by atoms with van der Waals surface area (Å²) in [5.74, 6) is 0.568. The third kappa shape index (κ3) is 2.69. The first-order valence-corrected chi connectivity index (χ1v) is 6.95. The normalized spacial score (nSPS) is 16.0. The third-order valence-electron chi connectivity index (χ3n) is 3.46. The summed E-state index contributed by atoms with van der Waals surface area (Å²) in [5.41, 5.74) is 8.61. The number of aryl methyl sites for hydroxylation is 3. The highest BCUT2D eigenvalue weighted by molar-refractivity contribution is 6.02. The minimum Gasteiger partial charge on any atom is -0.245 e. The number of anilines is 1. The molecule has 0 amide bonds. The van der Waals surface area contributed by atoms with Crippen molar-refractivity contribution in [3.8, 4) is 0 Å². The molecular formula is C16H18N4. The molecule has 0 atom stereocenters. The molecular weight excluding hydrogens is 248 g/mol. The van der Waals surface area contributed by atoms with Crippen LogP contribution >= 0.6 is 0 Å². The van der Waals surface area contributed by atoms with Crippen LogP contribution in [0.5, 0.6) is 0 Å². The molecule has 0 saturated heterocycles. The number of hydrogen-bond donors (Lipinski definition) is 1. The number of hydrazone groups is 1. The number of hydrogen-bond acceptors (Lipinski definition) is 4. The van der Waals surface area contributed by atoms with Crippen LogP contribution < -0.4 is 5.43 Å². The predicted molar refractivity (Wildman–Crippen MR) is 81.0 cm³/mol. The van der Waals surface area contributed by atoms with Gasteiger partial charge in [0.1, 0.15) is 0 Å². The Balaban J connectivity index is 1.87. The van der Waals surface area contributed by atoms with Gasteiger partial charge in [0.25, 0.3) is 0 Å². The van der Waals surface area contributed by atoms with Crippen molar-refractivity contribution < 1.29 is 0 Å². The van der Waals surface area contributed by atoms with Crippen LogP contribution in [-0.4, -0.2) is 15.7 Å². The Hall–Kier alpha value is -2.23. The topological polar surface area (TPSA) is 50.2 Å². The Kier molecular flexibility index (Phi) is 3.46. The summed E-state index contributed by atoms with van der Waals surface area (Å²) < 4.78 is 0. The molecule has 1 aliphatic carbocycles. The van der Waals surface area contributed by atoms with Crippen LogP contribution in [0.25, 0.3) is 0 Å². The standard InChI is InChI=1S/C16H18N4/c1-11-10-12(2)18-16(17-11)20-19-15-9-5-7-13-6-3-4-8-14(13)15/h3-4,6,8,10H,5,7,9H2,1-2H3,(H,17,18,20). The highest BCUT2D eigenvalue weighted by Gasteiger charge is 2.14. The van der Waals surface area contributed by atoms with Gasteiger partial charge in [0.05, 0.1) is 5.71 Å². The predicted octanol–water partition coefficient (Wildman–Crippen LogP) is 3.25. The van der Waals surface area contributed by atoms with Gasteiger partial charge in [0, 0.05) is 17.0 Å². The Morgan fingerprint density at radius 2 is 1.80 bits per heavy atom. The molecule has 0 bridgehead atoms. The van der Waals surface area contributed by atoms with Crippen molar-refractivity contribution in [3.63, 3.8) is 0 Å². The van der Waals surface area contributed by atoms with Crippen LogP contribution in [0.2, 0.25) is 0 Å². The van der Waals surface area contributed by atoms with Crippen molar-refractivity contribution in [3.05, 3.63) is 52.8 Å². The molecule has 2 aromatic rings. The Labute approximate surface area is 119 Å². The molecule has 1 N–H and O–H groups in total. The van der Waals surface area contributed by atoms with Gasteiger partial charge in [-0.25, -0.2) is 15.4 Å². The molecule has 4 nitrogen and oxygen atoms in total. The average Bonchev–Trinajstić information content (AvgIpc) is 2.44. The van der Waals surface area contributed by atoms with E-state index in [0.29, 0.717) is 5.95 Å². The summed E-state index contributed by atoms with van der Waals surface area (Å²) in [5, 5.41) is 4.52. The van der Waals surface area contributed by atoms with Crippen molar-refractivity contribution in [2.24, 2.45) is 5.10 Å². The number of rotatable bonds is 2. The quantitative estimate of drug-likeness (QED) is 0.849. The Morgan fingerprint density at radius 3 is 2.60 bits per heavy atom. The maximum absolute atomic E-state index is 4.52. The minimum atomic E-state index is 0.568. The Bertz CT molecular complexity index is 641. The van der Waals surface area contributed by atoms with Gasteiger partial charge in [-0.15, -0.1) is 0 Å². The maximum Gasteiger partial charge on any atom is 0.243 e. The van der Waals surface area contributed by atoms with Crippen LogP contribution in [0.3, 0.4) is 0 Å². The first-order chi connectivity index (χ1) is 9.72. The first kappa shape index (κ1) is 12.8. The number of benzene rings is 1. The van der Waals surface area contributed by atoms with Crippen LogP contribution in [0.4, 0.5) is 5.95 Å². The van der Waals surface area contributed by atoms with E-state index in [2.05, 4.69) is 44.8 Å². The van der Waals surface area contributed by atoms with Crippen molar-refractivity contribution in [2.45, 2.75) is 33.1 Å². The SMILES string of the molecule is Cc1cc(C)nc(NN=C2CCCc3ccccc32)n1. The lowest BCUT2D eigenvalue weighted by atomic mass is 9.90. The first-order valence-electron chi connectivity index (χ1n) is 6.95. The van der Waals surface area contributed by atoms with Crippen molar-refractivity contribution >= 4 is 11.7 Å². The van der Waals surface area contributed by atoms with E-state index in [1.165, 1.54) is 11.1 Å². The summed E-state index contributed by atoms with van der Waals surface area (Å²) in [6.07, 6.45) is 3.27. The highest BCUT2D eigenvalue weighted by atomic mass is 15.4.